The number of carboxylic acid groups (broad SMARTS) is 1. The number of rotatable bonds is 6. The molecule has 0 aromatic carbocycles. The Bertz CT molecular complexity index is 290. The van der Waals surface area contributed by atoms with Crippen molar-refractivity contribution >= 4 is 5.97 Å². The topological polar surface area (TPSA) is 43.8 Å². The molecule has 0 spiro atoms. The maximum absolute atomic E-state index is 11.5. The van der Waals surface area contributed by atoms with E-state index in [1.54, 1.807) is 0 Å². The zero-order valence-electron chi connectivity index (χ0n) is 11.5. The summed E-state index contributed by atoms with van der Waals surface area (Å²) in [5.74, 6) is -0.590. The predicted octanol–water partition coefficient (Wildman–Crippen LogP) is 1.66. The molecular formula is C14H26N2O2. The number of carbonyl (C=O) groups is 1. The van der Waals surface area contributed by atoms with Gasteiger partial charge in [0.15, 0.2) is 0 Å². The fraction of sp³-hybridized carbons (Fsp3) is 0.929. The molecule has 2 rings (SSSR count). The highest BCUT2D eigenvalue weighted by Crippen LogP contribution is 2.35. The average Bonchev–Trinajstić information content (AvgIpc) is 2.96. The molecule has 0 aromatic rings. The summed E-state index contributed by atoms with van der Waals surface area (Å²) in [5.41, 5.74) is -0.459. The van der Waals surface area contributed by atoms with Crippen molar-refractivity contribution in [1.82, 2.24) is 9.80 Å². The SMILES string of the molecule is CCCC1(C(=O)O)CCN(CCN2CCCC2)C1. The first-order valence-electron chi connectivity index (χ1n) is 7.34. The van der Waals surface area contributed by atoms with Gasteiger partial charge in [-0.3, -0.25) is 4.79 Å². The highest BCUT2D eigenvalue weighted by molar-refractivity contribution is 5.75. The van der Waals surface area contributed by atoms with Gasteiger partial charge in [-0.05, 0) is 45.3 Å². The molecule has 1 N–H and O–H groups in total. The summed E-state index contributed by atoms with van der Waals surface area (Å²) in [7, 11) is 0. The lowest BCUT2D eigenvalue weighted by Crippen LogP contribution is -2.37. The average molecular weight is 254 g/mol. The minimum Gasteiger partial charge on any atom is -0.481 e. The molecule has 0 radical (unpaired) electrons. The fourth-order valence-corrected chi connectivity index (χ4v) is 3.40. The van der Waals surface area contributed by atoms with Gasteiger partial charge in [-0.2, -0.15) is 0 Å². The number of aliphatic carboxylic acids is 1. The Morgan fingerprint density at radius 2 is 1.83 bits per heavy atom. The monoisotopic (exact) mass is 254 g/mol. The molecule has 1 atom stereocenters. The molecule has 0 aromatic heterocycles. The summed E-state index contributed by atoms with van der Waals surface area (Å²) in [6, 6.07) is 0. The van der Waals surface area contributed by atoms with E-state index >= 15 is 0 Å². The minimum atomic E-state index is -0.590. The lowest BCUT2D eigenvalue weighted by atomic mass is 9.83. The van der Waals surface area contributed by atoms with Crippen molar-refractivity contribution in [2.75, 3.05) is 39.3 Å². The van der Waals surface area contributed by atoms with E-state index in [1.165, 1.54) is 25.9 Å². The zero-order valence-corrected chi connectivity index (χ0v) is 11.5. The van der Waals surface area contributed by atoms with Crippen LogP contribution in [0.15, 0.2) is 0 Å². The van der Waals surface area contributed by atoms with Gasteiger partial charge in [0.2, 0.25) is 0 Å². The Hall–Kier alpha value is -0.610. The molecule has 0 saturated carbocycles. The van der Waals surface area contributed by atoms with Crippen LogP contribution in [0.2, 0.25) is 0 Å². The standard InChI is InChI=1S/C14H26N2O2/c1-2-5-14(13(17)18)6-9-16(12-14)11-10-15-7-3-4-8-15/h2-12H2,1H3,(H,17,18). The van der Waals surface area contributed by atoms with E-state index in [2.05, 4.69) is 16.7 Å². The molecule has 0 amide bonds. The van der Waals surface area contributed by atoms with Gasteiger partial charge in [-0.1, -0.05) is 13.3 Å². The van der Waals surface area contributed by atoms with Crippen LogP contribution in [0.5, 0.6) is 0 Å². The van der Waals surface area contributed by atoms with Crippen molar-refractivity contribution in [1.29, 1.82) is 0 Å². The lowest BCUT2D eigenvalue weighted by Gasteiger charge is -2.25. The molecule has 2 aliphatic rings. The molecule has 2 heterocycles. The van der Waals surface area contributed by atoms with Gasteiger partial charge >= 0.3 is 5.97 Å². The molecule has 4 nitrogen and oxygen atoms in total. The predicted molar refractivity (Wildman–Crippen MR) is 71.7 cm³/mol. The minimum absolute atomic E-state index is 0.459. The van der Waals surface area contributed by atoms with Gasteiger partial charge in [-0.25, -0.2) is 0 Å². The first kappa shape index (κ1) is 13.8. The third kappa shape index (κ3) is 3.04. The third-order valence-electron chi connectivity index (χ3n) is 4.55. The summed E-state index contributed by atoms with van der Waals surface area (Å²) >= 11 is 0. The number of likely N-dealkylation sites (tertiary alicyclic amines) is 2. The summed E-state index contributed by atoms with van der Waals surface area (Å²) in [6.07, 6.45) is 5.27. The number of hydrogen-bond acceptors (Lipinski definition) is 3. The molecule has 0 bridgehead atoms. The number of hydrogen-bond donors (Lipinski definition) is 1. The first-order valence-corrected chi connectivity index (χ1v) is 7.34. The van der Waals surface area contributed by atoms with Gasteiger partial charge in [0.25, 0.3) is 0 Å². The molecule has 2 fully saturated rings. The maximum atomic E-state index is 11.5. The third-order valence-corrected chi connectivity index (χ3v) is 4.55. The van der Waals surface area contributed by atoms with Crippen LogP contribution in [0, 0.1) is 5.41 Å². The quantitative estimate of drug-likeness (QED) is 0.783. The van der Waals surface area contributed by atoms with Crippen LogP contribution in [0.3, 0.4) is 0 Å². The van der Waals surface area contributed by atoms with Crippen LogP contribution >= 0.6 is 0 Å². The van der Waals surface area contributed by atoms with E-state index in [4.69, 9.17) is 0 Å². The molecule has 2 saturated heterocycles. The first-order chi connectivity index (χ1) is 8.66. The molecule has 1 unspecified atom stereocenters. The van der Waals surface area contributed by atoms with E-state index in [-0.39, 0.29) is 0 Å². The molecule has 104 valence electrons. The van der Waals surface area contributed by atoms with Crippen molar-refractivity contribution in [3.63, 3.8) is 0 Å². The zero-order chi connectivity index (χ0) is 13.0. The van der Waals surface area contributed by atoms with Gasteiger partial charge in [0, 0.05) is 19.6 Å². The highest BCUT2D eigenvalue weighted by Gasteiger charge is 2.43. The van der Waals surface area contributed by atoms with E-state index in [0.29, 0.717) is 0 Å². The van der Waals surface area contributed by atoms with E-state index < -0.39 is 11.4 Å². The van der Waals surface area contributed by atoms with Gasteiger partial charge in [-0.15, -0.1) is 0 Å². The number of nitrogens with zero attached hydrogens (tertiary/aromatic N) is 2. The largest absolute Gasteiger partial charge is 0.481 e. The van der Waals surface area contributed by atoms with Crippen LogP contribution < -0.4 is 0 Å². The van der Waals surface area contributed by atoms with Crippen molar-refractivity contribution in [2.24, 2.45) is 5.41 Å². The Morgan fingerprint density at radius 3 is 2.44 bits per heavy atom. The van der Waals surface area contributed by atoms with Crippen LogP contribution in [0.4, 0.5) is 0 Å². The molecule has 2 aliphatic heterocycles. The second-order valence-corrected chi connectivity index (χ2v) is 5.91. The number of carboxylic acids is 1. The molecule has 0 aliphatic carbocycles. The van der Waals surface area contributed by atoms with E-state index in [1.807, 2.05) is 0 Å². The van der Waals surface area contributed by atoms with Crippen LogP contribution in [0.25, 0.3) is 0 Å². The lowest BCUT2D eigenvalue weighted by molar-refractivity contribution is -0.148. The smallest absolute Gasteiger partial charge is 0.310 e. The molecule has 4 heteroatoms. The maximum Gasteiger partial charge on any atom is 0.310 e. The van der Waals surface area contributed by atoms with Crippen LogP contribution in [-0.2, 0) is 4.79 Å². The fourth-order valence-electron chi connectivity index (χ4n) is 3.40. The van der Waals surface area contributed by atoms with Crippen LogP contribution in [0.1, 0.15) is 39.0 Å². The van der Waals surface area contributed by atoms with Crippen LogP contribution in [-0.4, -0.2) is 60.1 Å². The second-order valence-electron chi connectivity index (χ2n) is 5.91. The Labute approximate surface area is 110 Å². The molecule has 18 heavy (non-hydrogen) atoms. The Balaban J connectivity index is 1.80. The summed E-state index contributed by atoms with van der Waals surface area (Å²) in [6.45, 7) is 8.40. The summed E-state index contributed by atoms with van der Waals surface area (Å²) in [5, 5.41) is 9.46. The Morgan fingerprint density at radius 1 is 1.17 bits per heavy atom. The van der Waals surface area contributed by atoms with Crippen molar-refractivity contribution in [3.05, 3.63) is 0 Å². The van der Waals surface area contributed by atoms with Crippen molar-refractivity contribution in [2.45, 2.75) is 39.0 Å². The normalized spacial score (nSPS) is 30.1. The Kier molecular flexibility index (Phi) is 4.62. The van der Waals surface area contributed by atoms with E-state index in [9.17, 15) is 9.90 Å². The van der Waals surface area contributed by atoms with Crippen molar-refractivity contribution < 1.29 is 9.90 Å². The van der Waals surface area contributed by atoms with Crippen molar-refractivity contribution in [3.8, 4) is 0 Å². The van der Waals surface area contributed by atoms with E-state index in [0.717, 1.165) is 45.4 Å². The summed E-state index contributed by atoms with van der Waals surface area (Å²) in [4.78, 5) is 16.3. The molecular weight excluding hydrogens is 228 g/mol. The van der Waals surface area contributed by atoms with Gasteiger partial charge in [0.05, 0.1) is 5.41 Å². The van der Waals surface area contributed by atoms with Gasteiger partial charge < -0.3 is 14.9 Å². The second kappa shape index (κ2) is 6.02. The van der Waals surface area contributed by atoms with Gasteiger partial charge in [0.1, 0.15) is 0 Å². The summed E-state index contributed by atoms with van der Waals surface area (Å²) < 4.78 is 0. The highest BCUT2D eigenvalue weighted by atomic mass is 16.4.